The molecule has 7 heteroatoms. The van der Waals surface area contributed by atoms with Crippen molar-refractivity contribution >= 4 is 34.7 Å². The Kier molecular flexibility index (Phi) is 6.26. The average molecular weight is 414 g/mol. The number of carbonyl (C=O) groups is 1. The van der Waals surface area contributed by atoms with Crippen molar-refractivity contribution in [2.24, 2.45) is 5.10 Å². The van der Waals surface area contributed by atoms with Gasteiger partial charge < -0.3 is 13.9 Å². The van der Waals surface area contributed by atoms with Gasteiger partial charge in [0, 0.05) is 0 Å². The van der Waals surface area contributed by atoms with Gasteiger partial charge in [0.15, 0.2) is 21.9 Å². The molecular formula is C15H15IN2O4. The van der Waals surface area contributed by atoms with E-state index in [9.17, 15) is 4.79 Å². The summed E-state index contributed by atoms with van der Waals surface area (Å²) in [6, 6.07) is 10.7. The number of hydrogen-bond donors (Lipinski definition) is 1. The largest absolute Gasteiger partial charge is 0.490 e. The highest BCUT2D eigenvalue weighted by molar-refractivity contribution is 14.1. The number of nitrogens with one attached hydrogen (secondary N) is 1. The number of ether oxygens (including phenoxy) is 2. The SMILES string of the molecule is CCOc1ccccc1OCC(=O)N/N=C\c1ccc(I)o1. The highest BCUT2D eigenvalue weighted by atomic mass is 127. The van der Waals surface area contributed by atoms with Gasteiger partial charge in [-0.3, -0.25) is 4.79 Å². The zero-order valence-corrected chi connectivity index (χ0v) is 14.1. The van der Waals surface area contributed by atoms with Gasteiger partial charge in [-0.05, 0) is 53.8 Å². The summed E-state index contributed by atoms with van der Waals surface area (Å²) in [7, 11) is 0. The number of amides is 1. The minimum atomic E-state index is -0.371. The third-order valence-electron chi connectivity index (χ3n) is 2.48. The van der Waals surface area contributed by atoms with Crippen LogP contribution < -0.4 is 14.9 Å². The van der Waals surface area contributed by atoms with Gasteiger partial charge in [0.05, 0.1) is 12.8 Å². The second kappa shape index (κ2) is 8.42. The highest BCUT2D eigenvalue weighted by Crippen LogP contribution is 2.26. The fourth-order valence-corrected chi connectivity index (χ4v) is 2.02. The third kappa shape index (κ3) is 5.06. The first-order chi connectivity index (χ1) is 10.7. The van der Waals surface area contributed by atoms with Crippen LogP contribution >= 0.6 is 22.6 Å². The van der Waals surface area contributed by atoms with Gasteiger partial charge in [-0.1, -0.05) is 12.1 Å². The van der Waals surface area contributed by atoms with E-state index in [1.165, 1.54) is 6.21 Å². The predicted molar refractivity (Wildman–Crippen MR) is 90.3 cm³/mol. The van der Waals surface area contributed by atoms with Gasteiger partial charge in [0.2, 0.25) is 0 Å². The molecule has 2 rings (SSSR count). The minimum Gasteiger partial charge on any atom is -0.490 e. The van der Waals surface area contributed by atoms with Crippen LogP contribution in [0.5, 0.6) is 11.5 Å². The molecule has 0 bridgehead atoms. The second-order valence-corrected chi connectivity index (χ2v) is 5.17. The second-order valence-electron chi connectivity index (χ2n) is 4.10. The molecule has 6 nitrogen and oxygen atoms in total. The van der Waals surface area contributed by atoms with E-state index in [0.29, 0.717) is 23.9 Å². The quantitative estimate of drug-likeness (QED) is 0.430. The van der Waals surface area contributed by atoms with Crippen molar-refractivity contribution in [3.8, 4) is 11.5 Å². The molecule has 0 radical (unpaired) electrons. The van der Waals surface area contributed by atoms with Crippen LogP contribution in [0.1, 0.15) is 12.7 Å². The molecule has 0 aliphatic rings. The van der Waals surface area contributed by atoms with Gasteiger partial charge in [0.1, 0.15) is 5.76 Å². The summed E-state index contributed by atoms with van der Waals surface area (Å²) in [6.07, 6.45) is 1.42. The molecule has 0 fully saturated rings. The summed E-state index contributed by atoms with van der Waals surface area (Å²) in [5.74, 6) is 1.31. The number of nitrogens with zero attached hydrogens (tertiary/aromatic N) is 1. The molecule has 1 aromatic carbocycles. The van der Waals surface area contributed by atoms with Crippen LogP contribution in [-0.2, 0) is 4.79 Å². The minimum absolute atomic E-state index is 0.156. The number of para-hydroxylation sites is 2. The maximum Gasteiger partial charge on any atom is 0.277 e. The molecule has 0 spiro atoms. The number of hydrogen-bond acceptors (Lipinski definition) is 5. The Bertz CT molecular complexity index is 654. The lowest BCUT2D eigenvalue weighted by atomic mass is 10.3. The number of furan rings is 1. The lowest BCUT2D eigenvalue weighted by Gasteiger charge is -2.10. The van der Waals surface area contributed by atoms with Gasteiger partial charge in [0.25, 0.3) is 5.91 Å². The summed E-state index contributed by atoms with van der Waals surface area (Å²) < 4.78 is 16.9. The van der Waals surface area contributed by atoms with Crippen LogP contribution in [0.15, 0.2) is 45.9 Å². The standard InChI is InChI=1S/C15H15IN2O4/c1-2-20-12-5-3-4-6-13(12)21-10-15(19)18-17-9-11-7-8-14(16)22-11/h3-9H,2,10H2,1H3,(H,18,19)/b17-9-. The van der Waals surface area contributed by atoms with E-state index < -0.39 is 0 Å². The fraction of sp³-hybridized carbons (Fsp3) is 0.200. The van der Waals surface area contributed by atoms with Crippen molar-refractivity contribution in [1.82, 2.24) is 5.43 Å². The molecule has 22 heavy (non-hydrogen) atoms. The van der Waals surface area contributed by atoms with Crippen molar-refractivity contribution in [2.75, 3.05) is 13.2 Å². The summed E-state index contributed by atoms with van der Waals surface area (Å²) >= 11 is 2.05. The maximum absolute atomic E-state index is 11.7. The molecular weight excluding hydrogens is 399 g/mol. The molecule has 1 N–H and O–H groups in total. The molecule has 1 amide bonds. The van der Waals surface area contributed by atoms with Crippen molar-refractivity contribution < 1.29 is 18.7 Å². The zero-order chi connectivity index (χ0) is 15.8. The molecule has 0 unspecified atom stereocenters. The van der Waals surface area contributed by atoms with E-state index in [1.54, 1.807) is 24.3 Å². The molecule has 1 aromatic heterocycles. The molecule has 0 aliphatic heterocycles. The molecule has 0 saturated carbocycles. The van der Waals surface area contributed by atoms with E-state index in [0.717, 1.165) is 3.77 Å². The van der Waals surface area contributed by atoms with Crippen molar-refractivity contribution in [1.29, 1.82) is 0 Å². The van der Waals surface area contributed by atoms with E-state index in [2.05, 4.69) is 10.5 Å². The summed E-state index contributed by atoms with van der Waals surface area (Å²) in [4.78, 5) is 11.7. The summed E-state index contributed by atoms with van der Waals surface area (Å²) in [6.45, 7) is 2.25. The van der Waals surface area contributed by atoms with E-state index in [1.807, 2.05) is 41.6 Å². The zero-order valence-electron chi connectivity index (χ0n) is 11.9. The molecule has 116 valence electrons. The Hall–Kier alpha value is -2.03. The first kappa shape index (κ1) is 16.3. The van der Waals surface area contributed by atoms with Crippen LogP contribution in [0.25, 0.3) is 0 Å². The van der Waals surface area contributed by atoms with Crippen LogP contribution in [-0.4, -0.2) is 25.3 Å². The Morgan fingerprint density at radius 3 is 2.64 bits per heavy atom. The van der Waals surface area contributed by atoms with Crippen LogP contribution in [0.4, 0.5) is 0 Å². The van der Waals surface area contributed by atoms with Gasteiger partial charge >= 0.3 is 0 Å². The van der Waals surface area contributed by atoms with Gasteiger partial charge in [-0.15, -0.1) is 0 Å². The number of rotatable bonds is 7. The van der Waals surface area contributed by atoms with E-state index in [4.69, 9.17) is 13.9 Å². The first-order valence-corrected chi connectivity index (χ1v) is 7.68. The van der Waals surface area contributed by atoms with Crippen LogP contribution in [0, 0.1) is 3.77 Å². The topological polar surface area (TPSA) is 73.1 Å². The normalized spacial score (nSPS) is 10.6. The Morgan fingerprint density at radius 2 is 2.00 bits per heavy atom. The number of halogens is 1. The number of benzene rings is 1. The summed E-state index contributed by atoms with van der Waals surface area (Å²) in [5.41, 5.74) is 2.36. The molecule has 0 atom stereocenters. The van der Waals surface area contributed by atoms with Crippen molar-refractivity contribution in [2.45, 2.75) is 6.92 Å². The lowest BCUT2D eigenvalue weighted by molar-refractivity contribution is -0.123. The monoisotopic (exact) mass is 414 g/mol. The average Bonchev–Trinajstić information content (AvgIpc) is 2.92. The molecule has 0 aliphatic carbocycles. The van der Waals surface area contributed by atoms with Gasteiger partial charge in [-0.25, -0.2) is 5.43 Å². The Morgan fingerprint density at radius 1 is 1.27 bits per heavy atom. The predicted octanol–water partition coefficient (Wildman–Crippen LogP) is 2.81. The van der Waals surface area contributed by atoms with Crippen molar-refractivity contribution in [3.05, 3.63) is 45.9 Å². The first-order valence-electron chi connectivity index (χ1n) is 6.61. The maximum atomic E-state index is 11.7. The van der Waals surface area contributed by atoms with Gasteiger partial charge in [-0.2, -0.15) is 5.10 Å². The van der Waals surface area contributed by atoms with Crippen LogP contribution in [0.2, 0.25) is 0 Å². The Balaban J connectivity index is 1.81. The lowest BCUT2D eigenvalue weighted by Crippen LogP contribution is -2.24. The smallest absolute Gasteiger partial charge is 0.277 e. The molecule has 2 aromatic rings. The number of carbonyl (C=O) groups excluding carboxylic acids is 1. The van der Waals surface area contributed by atoms with Crippen LogP contribution in [0.3, 0.4) is 0 Å². The van der Waals surface area contributed by atoms with Crippen molar-refractivity contribution in [3.63, 3.8) is 0 Å². The van der Waals surface area contributed by atoms with E-state index >= 15 is 0 Å². The third-order valence-corrected chi connectivity index (χ3v) is 3.06. The fourth-order valence-electron chi connectivity index (χ4n) is 1.59. The molecule has 0 saturated heterocycles. The van der Waals surface area contributed by atoms with E-state index in [-0.39, 0.29) is 12.5 Å². The summed E-state index contributed by atoms with van der Waals surface area (Å²) in [5, 5.41) is 3.79. The Labute approximate surface area is 141 Å². The number of hydrazone groups is 1. The molecule has 1 heterocycles. The highest BCUT2D eigenvalue weighted by Gasteiger charge is 2.06.